The van der Waals surface area contributed by atoms with Gasteiger partial charge < -0.3 is 0 Å². The molecule has 0 aliphatic rings. The molecule has 0 amide bonds. The van der Waals surface area contributed by atoms with Crippen molar-refractivity contribution in [2.24, 2.45) is 0 Å². The van der Waals surface area contributed by atoms with Crippen LogP contribution in [0.15, 0.2) is 34.1 Å². The Bertz CT molecular complexity index is 410. The van der Waals surface area contributed by atoms with E-state index in [1.54, 1.807) is 49.9 Å². The van der Waals surface area contributed by atoms with Crippen molar-refractivity contribution >= 4 is 21.8 Å². The van der Waals surface area contributed by atoms with Gasteiger partial charge in [-0.3, -0.25) is 0 Å². The molecule has 0 spiro atoms. The first-order valence-corrected chi connectivity index (χ1v) is 7.33. The van der Waals surface area contributed by atoms with Gasteiger partial charge in [-0.25, -0.2) is 13.1 Å². The largest absolute Gasteiger partial charge is 0.240 e. The van der Waals surface area contributed by atoms with Crippen LogP contribution in [0.1, 0.15) is 13.8 Å². The first-order valence-electron chi connectivity index (χ1n) is 4.62. The van der Waals surface area contributed by atoms with E-state index in [-0.39, 0.29) is 6.04 Å². The summed E-state index contributed by atoms with van der Waals surface area (Å²) in [4.78, 5) is 1.37. The number of nitrogens with one attached hydrogen (secondary N) is 1. The third-order valence-corrected chi connectivity index (χ3v) is 4.18. The van der Waals surface area contributed by atoms with E-state index < -0.39 is 10.0 Å². The lowest BCUT2D eigenvalue weighted by atomic mass is 10.4. The van der Waals surface area contributed by atoms with Crippen molar-refractivity contribution in [2.75, 3.05) is 6.26 Å². The second-order valence-electron chi connectivity index (χ2n) is 3.45. The summed E-state index contributed by atoms with van der Waals surface area (Å²) < 4.78 is 26.0. The van der Waals surface area contributed by atoms with E-state index >= 15 is 0 Å². The van der Waals surface area contributed by atoms with E-state index in [2.05, 4.69) is 4.72 Å². The molecule has 0 aliphatic heterocycles. The molecule has 1 N–H and O–H groups in total. The van der Waals surface area contributed by atoms with Crippen LogP contribution in [0.4, 0.5) is 0 Å². The van der Waals surface area contributed by atoms with Crippen molar-refractivity contribution < 1.29 is 8.42 Å². The van der Waals surface area contributed by atoms with Gasteiger partial charge in [-0.2, -0.15) is 0 Å². The van der Waals surface area contributed by atoms with Crippen molar-refractivity contribution in [3.05, 3.63) is 24.3 Å². The number of hydrogen-bond donors (Lipinski definition) is 1. The summed E-state index contributed by atoms with van der Waals surface area (Å²) in [6.07, 6.45) is 1.95. The summed E-state index contributed by atoms with van der Waals surface area (Å²) in [6.45, 7) is 3.60. The van der Waals surface area contributed by atoms with Crippen LogP contribution in [-0.2, 0) is 10.0 Å². The molecule has 15 heavy (non-hydrogen) atoms. The molecule has 0 saturated heterocycles. The maximum absolute atomic E-state index is 11.7. The maximum atomic E-state index is 11.7. The fourth-order valence-corrected chi connectivity index (χ4v) is 2.79. The Morgan fingerprint density at radius 1 is 1.20 bits per heavy atom. The molecule has 1 aromatic carbocycles. The standard InChI is InChI=1S/C10H15NO2S2/c1-8(2)11-15(12,13)10-6-4-9(14-3)5-7-10/h4-8,11H,1-3H3. The van der Waals surface area contributed by atoms with Crippen LogP contribution >= 0.6 is 11.8 Å². The monoisotopic (exact) mass is 245 g/mol. The highest BCUT2D eigenvalue weighted by molar-refractivity contribution is 7.98. The summed E-state index contributed by atoms with van der Waals surface area (Å²) in [5.74, 6) is 0. The zero-order chi connectivity index (χ0) is 11.5. The van der Waals surface area contributed by atoms with E-state index in [1.807, 2.05) is 6.26 Å². The first-order chi connectivity index (χ1) is 6.95. The molecular formula is C10H15NO2S2. The Morgan fingerprint density at radius 3 is 2.13 bits per heavy atom. The third kappa shape index (κ3) is 3.52. The highest BCUT2D eigenvalue weighted by atomic mass is 32.2. The predicted molar refractivity (Wildman–Crippen MR) is 63.7 cm³/mol. The van der Waals surface area contributed by atoms with Gasteiger partial charge in [0.05, 0.1) is 4.90 Å². The second kappa shape index (κ2) is 5.01. The van der Waals surface area contributed by atoms with Crippen LogP contribution in [0.2, 0.25) is 0 Å². The number of rotatable bonds is 4. The van der Waals surface area contributed by atoms with Gasteiger partial charge in [0.25, 0.3) is 0 Å². The molecule has 1 aromatic rings. The van der Waals surface area contributed by atoms with E-state index in [1.165, 1.54) is 0 Å². The van der Waals surface area contributed by atoms with Gasteiger partial charge in [0, 0.05) is 10.9 Å². The van der Waals surface area contributed by atoms with Crippen LogP contribution in [0.5, 0.6) is 0 Å². The lowest BCUT2D eigenvalue weighted by Gasteiger charge is -2.09. The molecule has 0 saturated carbocycles. The Morgan fingerprint density at radius 2 is 1.73 bits per heavy atom. The van der Waals surface area contributed by atoms with Gasteiger partial charge in [-0.15, -0.1) is 11.8 Å². The summed E-state index contributed by atoms with van der Waals surface area (Å²) >= 11 is 1.59. The van der Waals surface area contributed by atoms with Crippen LogP contribution in [0, 0.1) is 0 Å². The average Bonchev–Trinajstić information content (AvgIpc) is 2.16. The maximum Gasteiger partial charge on any atom is 0.240 e. The molecule has 0 aliphatic carbocycles. The lowest BCUT2D eigenvalue weighted by molar-refractivity contribution is 0.570. The quantitative estimate of drug-likeness (QED) is 0.826. The SMILES string of the molecule is CSc1ccc(S(=O)(=O)NC(C)C)cc1. The van der Waals surface area contributed by atoms with Crippen molar-refractivity contribution in [3.8, 4) is 0 Å². The van der Waals surface area contributed by atoms with Crippen LogP contribution in [0.3, 0.4) is 0 Å². The molecule has 5 heteroatoms. The van der Waals surface area contributed by atoms with Crippen LogP contribution < -0.4 is 4.72 Å². The topological polar surface area (TPSA) is 46.2 Å². The smallest absolute Gasteiger partial charge is 0.209 e. The molecular weight excluding hydrogens is 230 g/mol. The zero-order valence-electron chi connectivity index (χ0n) is 9.02. The molecule has 0 bridgehead atoms. The number of benzene rings is 1. The fraction of sp³-hybridized carbons (Fsp3) is 0.400. The Balaban J connectivity index is 2.96. The van der Waals surface area contributed by atoms with Gasteiger partial charge in [-0.05, 0) is 44.4 Å². The van der Waals surface area contributed by atoms with Gasteiger partial charge >= 0.3 is 0 Å². The minimum atomic E-state index is -3.34. The average molecular weight is 245 g/mol. The summed E-state index contributed by atoms with van der Waals surface area (Å²) in [5.41, 5.74) is 0. The van der Waals surface area contributed by atoms with Crippen LogP contribution in [-0.4, -0.2) is 20.7 Å². The van der Waals surface area contributed by atoms with Gasteiger partial charge in [0.15, 0.2) is 0 Å². The fourth-order valence-electron chi connectivity index (χ4n) is 1.13. The Labute approximate surface area is 95.3 Å². The predicted octanol–water partition coefficient (Wildman–Crippen LogP) is 2.10. The minimum absolute atomic E-state index is 0.0878. The minimum Gasteiger partial charge on any atom is -0.209 e. The Kier molecular flexibility index (Phi) is 4.19. The summed E-state index contributed by atoms with van der Waals surface area (Å²) in [6, 6.07) is 6.77. The summed E-state index contributed by atoms with van der Waals surface area (Å²) in [5, 5.41) is 0. The molecule has 0 fully saturated rings. The van der Waals surface area contributed by atoms with E-state index in [0.717, 1.165) is 4.90 Å². The molecule has 0 radical (unpaired) electrons. The third-order valence-electron chi connectivity index (χ3n) is 1.76. The molecule has 0 heterocycles. The number of thioether (sulfide) groups is 1. The second-order valence-corrected chi connectivity index (χ2v) is 6.05. The first kappa shape index (κ1) is 12.5. The molecule has 0 atom stereocenters. The highest BCUT2D eigenvalue weighted by Crippen LogP contribution is 2.17. The molecule has 0 unspecified atom stereocenters. The summed E-state index contributed by atoms with van der Waals surface area (Å²) in [7, 11) is -3.34. The molecule has 3 nitrogen and oxygen atoms in total. The van der Waals surface area contributed by atoms with E-state index in [4.69, 9.17) is 0 Å². The number of hydrogen-bond acceptors (Lipinski definition) is 3. The molecule has 0 aromatic heterocycles. The van der Waals surface area contributed by atoms with Crippen LogP contribution in [0.25, 0.3) is 0 Å². The van der Waals surface area contributed by atoms with Crippen molar-refractivity contribution in [3.63, 3.8) is 0 Å². The number of sulfonamides is 1. The van der Waals surface area contributed by atoms with Gasteiger partial charge in [0.1, 0.15) is 0 Å². The lowest BCUT2D eigenvalue weighted by Crippen LogP contribution is -2.30. The van der Waals surface area contributed by atoms with Gasteiger partial charge in [-0.1, -0.05) is 0 Å². The molecule has 1 rings (SSSR count). The highest BCUT2D eigenvalue weighted by Gasteiger charge is 2.14. The van der Waals surface area contributed by atoms with Crippen molar-refractivity contribution in [2.45, 2.75) is 29.7 Å². The van der Waals surface area contributed by atoms with Gasteiger partial charge in [0.2, 0.25) is 10.0 Å². The Hall–Kier alpha value is -0.520. The van der Waals surface area contributed by atoms with Crippen molar-refractivity contribution in [1.29, 1.82) is 0 Å². The molecule has 84 valence electrons. The van der Waals surface area contributed by atoms with E-state index in [9.17, 15) is 8.42 Å². The normalized spacial score (nSPS) is 12.0. The zero-order valence-corrected chi connectivity index (χ0v) is 10.7. The van der Waals surface area contributed by atoms with E-state index in [0.29, 0.717) is 4.90 Å². The van der Waals surface area contributed by atoms with Crippen molar-refractivity contribution in [1.82, 2.24) is 4.72 Å².